The van der Waals surface area contributed by atoms with Crippen LogP contribution in [0, 0.1) is 6.92 Å². The zero-order chi connectivity index (χ0) is 20.8. The second-order valence-corrected chi connectivity index (χ2v) is 15.0. The molecule has 2 aromatic carbocycles. The van der Waals surface area contributed by atoms with E-state index in [0.717, 1.165) is 17.0 Å². The van der Waals surface area contributed by atoms with Crippen LogP contribution >= 0.6 is 17.9 Å². The molecule has 6 heteroatoms. The van der Waals surface area contributed by atoms with Crippen molar-refractivity contribution in [1.29, 1.82) is 0 Å². The van der Waals surface area contributed by atoms with Crippen LogP contribution in [0.1, 0.15) is 31.9 Å². The van der Waals surface area contributed by atoms with Crippen LogP contribution in [0.3, 0.4) is 0 Å². The van der Waals surface area contributed by atoms with Crippen LogP contribution < -0.4 is 15.8 Å². The molecular weight excluding hydrogens is 425 g/mol. The van der Waals surface area contributed by atoms with Gasteiger partial charge in [0, 0.05) is 5.30 Å². The number of phenolic OH excluding ortho intramolecular Hbond substituents is 1. The fourth-order valence-electron chi connectivity index (χ4n) is 2.75. The van der Waals surface area contributed by atoms with Crippen molar-refractivity contribution >= 4 is 41.8 Å². The summed E-state index contributed by atoms with van der Waals surface area (Å²) in [6.45, 7) is 16.1. The van der Waals surface area contributed by atoms with Crippen molar-refractivity contribution in [3.05, 3.63) is 52.8 Å². The number of hydrogen-bond acceptors (Lipinski definition) is 1. The zero-order valence-electron chi connectivity index (χ0n) is 17.4. The van der Waals surface area contributed by atoms with Crippen LogP contribution in [0.5, 0.6) is 5.75 Å². The summed E-state index contributed by atoms with van der Waals surface area (Å²) < 4.78 is 0. The Kier molecular flexibility index (Phi) is 9.75. The normalized spacial score (nSPS) is 12.1. The molecule has 1 N–H and O–H groups in total. The van der Waals surface area contributed by atoms with Crippen molar-refractivity contribution in [3.8, 4) is 5.75 Å². The molecule has 0 saturated heterocycles. The van der Waals surface area contributed by atoms with Gasteiger partial charge in [0.2, 0.25) is 0 Å². The topological polar surface area (TPSA) is 34.3 Å². The number of aryl methyl sites for hydroxylation is 1. The number of phenols is 1. The Morgan fingerprint density at radius 1 is 1.07 bits per heavy atom. The van der Waals surface area contributed by atoms with Gasteiger partial charge in [-0.3, -0.25) is 0 Å². The molecule has 0 amide bonds. The second-order valence-electron chi connectivity index (χ2n) is 8.67. The summed E-state index contributed by atoms with van der Waals surface area (Å²) >= 11 is 1.47. The molecule has 2 rings (SSSR count). The first-order chi connectivity index (χ1) is 12.5. The third kappa shape index (κ3) is 7.65. The van der Waals surface area contributed by atoms with Gasteiger partial charge in [-0.1, -0.05) is 91.0 Å². The fraction of sp³-hybridized carbons (Fsp3) is 0.429. The van der Waals surface area contributed by atoms with E-state index < -0.39 is 8.07 Å². The summed E-state index contributed by atoms with van der Waals surface area (Å²) in [5.74, 6) is 0.502. The number of hydrogen-bond donors (Lipinski definition) is 1. The predicted molar refractivity (Wildman–Crippen MR) is 123 cm³/mol. The van der Waals surface area contributed by atoms with Crippen LogP contribution in [0.15, 0.2) is 36.4 Å². The van der Waals surface area contributed by atoms with Gasteiger partial charge in [0.25, 0.3) is 0 Å². The SMILES string of the molecule is Cc1cccc(C[N-]C(C)(C)C)c1Pc1cccc([Si](C)(C)C)c1O.[Cl][Ti+]. The van der Waals surface area contributed by atoms with Crippen LogP contribution in [-0.4, -0.2) is 18.7 Å². The van der Waals surface area contributed by atoms with E-state index in [4.69, 9.17) is 5.32 Å². The monoisotopic (exact) mass is 455 g/mol. The quantitative estimate of drug-likeness (QED) is 0.486. The fourth-order valence-corrected chi connectivity index (χ4v) is 5.62. The molecule has 27 heavy (non-hydrogen) atoms. The maximum atomic E-state index is 10.8. The van der Waals surface area contributed by atoms with Crippen molar-refractivity contribution in [2.45, 2.75) is 59.4 Å². The van der Waals surface area contributed by atoms with E-state index in [1.807, 2.05) is 0 Å². The van der Waals surface area contributed by atoms with E-state index in [9.17, 15) is 5.11 Å². The summed E-state index contributed by atoms with van der Waals surface area (Å²) in [5.41, 5.74) is 2.51. The third-order valence-corrected chi connectivity index (χ3v) is 7.84. The maximum absolute atomic E-state index is 10.8. The second kappa shape index (κ2) is 10.6. The van der Waals surface area contributed by atoms with E-state index >= 15 is 0 Å². The summed E-state index contributed by atoms with van der Waals surface area (Å²) in [6, 6.07) is 12.7. The van der Waals surface area contributed by atoms with Gasteiger partial charge >= 0.3 is 28.7 Å². The van der Waals surface area contributed by atoms with Crippen LogP contribution in [-0.2, 0) is 25.9 Å². The number of aromatic hydroxyl groups is 1. The summed E-state index contributed by atoms with van der Waals surface area (Å²) in [4.78, 5) is 0. The van der Waals surface area contributed by atoms with Gasteiger partial charge in [0.1, 0.15) is 5.75 Å². The number of benzene rings is 2. The summed E-state index contributed by atoms with van der Waals surface area (Å²) in [7, 11) is 3.54. The average molecular weight is 456 g/mol. The number of para-hydroxylation sites is 1. The van der Waals surface area contributed by atoms with Gasteiger partial charge in [-0.15, -0.1) is 12.1 Å². The molecule has 1 atom stereocenters. The average Bonchev–Trinajstić information content (AvgIpc) is 2.57. The van der Waals surface area contributed by atoms with E-state index in [-0.39, 0.29) is 5.54 Å². The van der Waals surface area contributed by atoms with Crippen LogP contribution in [0.25, 0.3) is 5.32 Å². The Morgan fingerprint density at radius 3 is 2.22 bits per heavy atom. The molecule has 0 aromatic heterocycles. The Bertz CT molecular complexity index is 757. The number of halogens is 1. The first kappa shape index (κ1) is 24.9. The zero-order valence-corrected chi connectivity index (χ0v) is 21.8. The molecule has 1 unspecified atom stereocenters. The Morgan fingerprint density at radius 2 is 1.67 bits per heavy atom. The predicted octanol–water partition coefficient (Wildman–Crippen LogP) is 5.23. The van der Waals surface area contributed by atoms with E-state index in [1.165, 1.54) is 35.8 Å². The van der Waals surface area contributed by atoms with Crippen molar-refractivity contribution in [2.24, 2.45) is 0 Å². The molecule has 0 aliphatic rings. The van der Waals surface area contributed by atoms with Gasteiger partial charge in [0.05, 0.1) is 8.07 Å². The van der Waals surface area contributed by atoms with Gasteiger partial charge in [0.15, 0.2) is 0 Å². The van der Waals surface area contributed by atoms with Crippen LogP contribution in [0.4, 0.5) is 0 Å². The molecule has 0 aliphatic heterocycles. The Labute approximate surface area is 183 Å². The molecule has 2 nitrogen and oxygen atoms in total. The van der Waals surface area contributed by atoms with Gasteiger partial charge < -0.3 is 10.4 Å². The van der Waals surface area contributed by atoms with E-state index in [0.29, 0.717) is 14.3 Å². The van der Waals surface area contributed by atoms with Crippen molar-refractivity contribution in [3.63, 3.8) is 0 Å². The minimum absolute atomic E-state index is 0.0377. The van der Waals surface area contributed by atoms with E-state index in [1.54, 1.807) is 0 Å². The van der Waals surface area contributed by atoms with Gasteiger partial charge in [-0.25, -0.2) is 0 Å². The molecule has 0 heterocycles. The standard InChI is InChI=1S/C21H31NOPSi.ClH.Ti/c1-15-10-8-11-16(14-22-21(2,3)4)20(15)24-17-12-9-13-18(19(17)23)25(5,6)7;;/h8-13,23-24H,14H2,1-7H3;1H;/q-1;;+2/p-1. The third-order valence-electron chi connectivity index (χ3n) is 4.19. The van der Waals surface area contributed by atoms with Gasteiger partial charge in [-0.2, -0.15) is 0 Å². The Balaban J connectivity index is 0.00000176. The van der Waals surface area contributed by atoms with Crippen molar-refractivity contribution in [2.75, 3.05) is 0 Å². The number of rotatable bonds is 5. The Hall–Kier alpha value is -0.149. The molecular formula is C21H31ClNOPSiTi. The molecule has 0 saturated carbocycles. The van der Waals surface area contributed by atoms with Crippen LogP contribution in [0.2, 0.25) is 19.6 Å². The summed E-state index contributed by atoms with van der Waals surface area (Å²) in [5, 5.41) is 19.2. The molecule has 0 aliphatic carbocycles. The minimum atomic E-state index is -1.56. The number of nitrogens with zero attached hydrogens (tertiary/aromatic N) is 1. The van der Waals surface area contributed by atoms with Crippen molar-refractivity contribution in [1.82, 2.24) is 0 Å². The molecule has 0 radical (unpaired) electrons. The van der Waals surface area contributed by atoms with Gasteiger partial charge in [-0.05, 0) is 23.0 Å². The molecule has 146 valence electrons. The molecule has 0 fully saturated rings. The molecule has 0 bridgehead atoms. The molecule has 2 aromatic rings. The molecule has 0 spiro atoms. The first-order valence-electron chi connectivity index (χ1n) is 9.04. The van der Waals surface area contributed by atoms with E-state index in [2.05, 4.69) is 93.0 Å². The first-order valence-corrected chi connectivity index (χ1v) is 15.7. The van der Waals surface area contributed by atoms with Crippen molar-refractivity contribution < 1.29 is 24.5 Å². The summed E-state index contributed by atoms with van der Waals surface area (Å²) in [6.07, 6.45) is 0.